The van der Waals surface area contributed by atoms with Crippen molar-refractivity contribution < 1.29 is 37.4 Å². The minimum Gasteiger partial charge on any atom is -0.383 e. The number of alkyl halides is 3. The van der Waals surface area contributed by atoms with Gasteiger partial charge in [-0.25, -0.2) is 0 Å². The Balaban J connectivity index is 1.64. The monoisotopic (exact) mass is 417 g/mol. The van der Waals surface area contributed by atoms with E-state index in [0.29, 0.717) is 0 Å². The second-order valence-electron chi connectivity index (χ2n) is 7.36. The number of carbonyl (C=O) groups excluding carboxylic acids is 3. The SMILES string of the molecule is CO[C@@H]1CN(C(=O)c2cc(C(=O)C(F)(F)F)c[nH]2)C[C@@H]1NC(=O)[C@@H](O)C1CCC1. The molecule has 1 aromatic heterocycles. The third-order valence-electron chi connectivity index (χ3n) is 5.48. The summed E-state index contributed by atoms with van der Waals surface area (Å²) >= 11 is 0. The Hall–Kier alpha value is -2.40. The Morgan fingerprint density at radius 3 is 2.55 bits per heavy atom. The lowest BCUT2D eigenvalue weighted by atomic mass is 9.81. The highest BCUT2D eigenvalue weighted by atomic mass is 19.4. The van der Waals surface area contributed by atoms with Gasteiger partial charge in [-0.3, -0.25) is 14.4 Å². The molecule has 3 rings (SSSR count). The molecule has 0 unspecified atom stereocenters. The van der Waals surface area contributed by atoms with E-state index in [9.17, 15) is 32.7 Å². The van der Waals surface area contributed by atoms with E-state index in [-0.39, 0.29) is 24.7 Å². The number of ether oxygens (including phenoxy) is 1. The number of carbonyl (C=O) groups is 3. The number of halogens is 3. The quantitative estimate of drug-likeness (QED) is 0.595. The number of amides is 2. The molecule has 1 saturated carbocycles. The van der Waals surface area contributed by atoms with Crippen LogP contribution in [0.4, 0.5) is 13.2 Å². The molecule has 3 atom stereocenters. The lowest BCUT2D eigenvalue weighted by Crippen LogP contribution is -2.50. The van der Waals surface area contributed by atoms with Crippen LogP contribution in [0.15, 0.2) is 12.3 Å². The van der Waals surface area contributed by atoms with Gasteiger partial charge in [-0.15, -0.1) is 0 Å². The first kappa shape index (κ1) is 21.3. The fourth-order valence-corrected chi connectivity index (χ4v) is 3.54. The van der Waals surface area contributed by atoms with Crippen molar-refractivity contribution in [2.24, 2.45) is 5.92 Å². The summed E-state index contributed by atoms with van der Waals surface area (Å²) in [6.07, 6.45) is -3.33. The molecular weight excluding hydrogens is 395 g/mol. The van der Waals surface area contributed by atoms with Crippen molar-refractivity contribution in [3.8, 4) is 0 Å². The Morgan fingerprint density at radius 1 is 1.31 bits per heavy atom. The Bertz CT molecular complexity index is 790. The van der Waals surface area contributed by atoms with E-state index < -0.39 is 47.6 Å². The number of methoxy groups -OCH3 is 1. The van der Waals surface area contributed by atoms with Gasteiger partial charge in [0.15, 0.2) is 0 Å². The van der Waals surface area contributed by atoms with Crippen molar-refractivity contribution in [3.63, 3.8) is 0 Å². The van der Waals surface area contributed by atoms with Crippen LogP contribution in [0.3, 0.4) is 0 Å². The van der Waals surface area contributed by atoms with Gasteiger partial charge < -0.3 is 25.0 Å². The number of hydrogen-bond donors (Lipinski definition) is 3. The molecule has 0 aromatic carbocycles. The van der Waals surface area contributed by atoms with Crippen molar-refractivity contribution in [3.05, 3.63) is 23.5 Å². The average Bonchev–Trinajstić information content (AvgIpc) is 3.25. The van der Waals surface area contributed by atoms with Gasteiger partial charge in [0, 0.05) is 32.0 Å². The number of H-pyrrole nitrogens is 1. The summed E-state index contributed by atoms with van der Waals surface area (Å²) in [6, 6.07) is 0.282. The molecule has 1 aliphatic carbocycles. The number of aromatic amines is 1. The van der Waals surface area contributed by atoms with Crippen LogP contribution in [0.5, 0.6) is 0 Å². The summed E-state index contributed by atoms with van der Waals surface area (Å²) < 4.78 is 42.9. The number of aromatic nitrogens is 1. The number of Topliss-reactive ketones (excluding diaryl/α,β-unsaturated/α-hetero) is 1. The van der Waals surface area contributed by atoms with Gasteiger partial charge in [0.1, 0.15) is 11.8 Å². The zero-order chi connectivity index (χ0) is 21.3. The summed E-state index contributed by atoms with van der Waals surface area (Å²) in [4.78, 5) is 39.8. The van der Waals surface area contributed by atoms with E-state index in [4.69, 9.17) is 4.74 Å². The Kier molecular flexibility index (Phi) is 5.99. The third-order valence-corrected chi connectivity index (χ3v) is 5.48. The number of nitrogens with one attached hydrogen (secondary N) is 2. The molecule has 160 valence electrons. The molecule has 2 heterocycles. The van der Waals surface area contributed by atoms with E-state index >= 15 is 0 Å². The van der Waals surface area contributed by atoms with E-state index in [1.807, 2.05) is 0 Å². The molecule has 1 aromatic rings. The fraction of sp³-hybridized carbons (Fsp3) is 0.611. The predicted molar refractivity (Wildman–Crippen MR) is 93.2 cm³/mol. The van der Waals surface area contributed by atoms with Gasteiger partial charge in [-0.1, -0.05) is 6.42 Å². The first-order valence-corrected chi connectivity index (χ1v) is 9.22. The number of ketones is 1. The molecule has 1 saturated heterocycles. The predicted octanol–water partition coefficient (Wildman–Crippen LogP) is 0.876. The van der Waals surface area contributed by atoms with Crippen LogP contribution in [0, 0.1) is 5.92 Å². The number of nitrogens with zero attached hydrogens (tertiary/aromatic N) is 1. The van der Waals surface area contributed by atoms with Gasteiger partial charge in [0.2, 0.25) is 5.91 Å². The summed E-state index contributed by atoms with van der Waals surface area (Å²) in [7, 11) is 1.41. The summed E-state index contributed by atoms with van der Waals surface area (Å²) in [6.45, 7) is 0.156. The third kappa shape index (κ3) is 4.45. The second kappa shape index (κ2) is 8.15. The number of likely N-dealkylation sites (tertiary alicyclic amines) is 1. The smallest absolute Gasteiger partial charge is 0.383 e. The molecule has 29 heavy (non-hydrogen) atoms. The number of hydrogen-bond acceptors (Lipinski definition) is 5. The highest BCUT2D eigenvalue weighted by Crippen LogP contribution is 2.30. The van der Waals surface area contributed by atoms with Gasteiger partial charge in [-0.2, -0.15) is 13.2 Å². The maximum atomic E-state index is 12.6. The molecule has 0 spiro atoms. The van der Waals surface area contributed by atoms with Crippen molar-refractivity contribution in [2.75, 3.05) is 20.2 Å². The zero-order valence-electron chi connectivity index (χ0n) is 15.7. The van der Waals surface area contributed by atoms with Crippen molar-refractivity contribution >= 4 is 17.6 Å². The maximum Gasteiger partial charge on any atom is 0.454 e. The van der Waals surface area contributed by atoms with Gasteiger partial charge in [-0.05, 0) is 24.8 Å². The Morgan fingerprint density at radius 2 is 2.00 bits per heavy atom. The van der Waals surface area contributed by atoms with E-state index in [1.165, 1.54) is 12.0 Å². The lowest BCUT2D eigenvalue weighted by molar-refractivity contribution is -0.135. The van der Waals surface area contributed by atoms with Gasteiger partial charge in [0.25, 0.3) is 11.7 Å². The van der Waals surface area contributed by atoms with Crippen LogP contribution in [0.2, 0.25) is 0 Å². The molecule has 1 aliphatic heterocycles. The fourth-order valence-electron chi connectivity index (χ4n) is 3.54. The van der Waals surface area contributed by atoms with E-state index in [1.54, 1.807) is 0 Å². The van der Waals surface area contributed by atoms with Gasteiger partial charge >= 0.3 is 6.18 Å². The van der Waals surface area contributed by atoms with Crippen LogP contribution in [0.25, 0.3) is 0 Å². The van der Waals surface area contributed by atoms with E-state index in [2.05, 4.69) is 10.3 Å². The molecule has 0 radical (unpaired) electrons. The highest BCUT2D eigenvalue weighted by Gasteiger charge is 2.42. The largest absolute Gasteiger partial charge is 0.454 e. The Labute approximate surface area is 164 Å². The maximum absolute atomic E-state index is 12.6. The van der Waals surface area contributed by atoms with Crippen molar-refractivity contribution in [2.45, 2.75) is 43.7 Å². The highest BCUT2D eigenvalue weighted by molar-refractivity contribution is 6.03. The van der Waals surface area contributed by atoms with E-state index in [0.717, 1.165) is 31.5 Å². The minimum atomic E-state index is -5.03. The summed E-state index contributed by atoms with van der Waals surface area (Å²) in [5, 5.41) is 12.8. The van der Waals surface area contributed by atoms with Gasteiger partial charge in [0.05, 0.1) is 12.1 Å². The molecule has 2 aliphatic rings. The van der Waals surface area contributed by atoms with Crippen LogP contribution >= 0.6 is 0 Å². The van der Waals surface area contributed by atoms with Crippen molar-refractivity contribution in [1.29, 1.82) is 0 Å². The summed E-state index contributed by atoms with van der Waals surface area (Å²) in [5.74, 6) is -3.27. The normalized spacial score (nSPS) is 23.6. The standard InChI is InChI=1S/C18H22F3N3O5/c1-29-13-8-24(7-12(13)23-16(27)14(25)9-3-2-4-9)17(28)11-5-10(6-22-11)15(26)18(19,20)21/h5-6,9,12-14,22,25H,2-4,7-8H2,1H3,(H,23,27)/t12-,13+,14-/m0/s1. The van der Waals surface area contributed by atoms with Crippen LogP contribution in [0.1, 0.15) is 40.1 Å². The topological polar surface area (TPSA) is 112 Å². The molecule has 11 heteroatoms. The van der Waals surface area contributed by atoms with Crippen LogP contribution < -0.4 is 5.32 Å². The molecule has 8 nitrogen and oxygen atoms in total. The number of rotatable bonds is 6. The van der Waals surface area contributed by atoms with Crippen LogP contribution in [-0.2, 0) is 9.53 Å². The molecule has 2 amide bonds. The lowest BCUT2D eigenvalue weighted by Gasteiger charge is -2.30. The molecule has 3 N–H and O–H groups in total. The number of aliphatic hydroxyl groups is 1. The molecule has 0 bridgehead atoms. The average molecular weight is 417 g/mol. The molecule has 2 fully saturated rings. The molecular formula is C18H22F3N3O5. The first-order chi connectivity index (χ1) is 13.6. The minimum absolute atomic E-state index is 0.0576. The van der Waals surface area contributed by atoms with Crippen molar-refractivity contribution in [1.82, 2.24) is 15.2 Å². The summed E-state index contributed by atoms with van der Waals surface area (Å²) in [5.41, 5.74) is -0.828. The second-order valence-corrected chi connectivity index (χ2v) is 7.36. The van der Waals surface area contributed by atoms with Crippen LogP contribution in [-0.4, -0.2) is 77.2 Å². The zero-order valence-corrected chi connectivity index (χ0v) is 15.7. The first-order valence-electron chi connectivity index (χ1n) is 9.22. The number of aliphatic hydroxyl groups excluding tert-OH is 1.